The van der Waals surface area contributed by atoms with Crippen LogP contribution in [0.25, 0.3) is 11.1 Å². The molecule has 1 saturated heterocycles. The SMILES string of the molecule is C=CC1CCCN1C(=O)OCC1c2ccccc2-c2ccccc21. The molecule has 2 aromatic carbocycles. The fourth-order valence-corrected chi connectivity index (χ4v) is 3.94. The van der Waals surface area contributed by atoms with E-state index in [1.54, 1.807) is 4.90 Å². The van der Waals surface area contributed by atoms with Crippen molar-refractivity contribution in [3.8, 4) is 11.1 Å². The van der Waals surface area contributed by atoms with Crippen molar-refractivity contribution >= 4 is 6.09 Å². The third-order valence-corrected chi connectivity index (χ3v) is 5.14. The van der Waals surface area contributed by atoms with Crippen molar-refractivity contribution in [2.45, 2.75) is 24.8 Å². The quantitative estimate of drug-likeness (QED) is 0.775. The van der Waals surface area contributed by atoms with E-state index in [4.69, 9.17) is 4.74 Å². The molecule has 1 amide bonds. The molecule has 1 fully saturated rings. The topological polar surface area (TPSA) is 29.5 Å². The summed E-state index contributed by atoms with van der Waals surface area (Å²) in [5.74, 6) is 0.117. The Kier molecular flexibility index (Phi) is 3.85. The zero-order valence-corrected chi connectivity index (χ0v) is 13.7. The van der Waals surface area contributed by atoms with Crippen molar-refractivity contribution in [1.82, 2.24) is 4.90 Å². The molecular formula is C21H21NO2. The molecule has 0 aromatic heterocycles. The molecule has 1 heterocycles. The lowest BCUT2D eigenvalue weighted by atomic mass is 9.98. The van der Waals surface area contributed by atoms with Crippen LogP contribution in [0.4, 0.5) is 4.79 Å². The van der Waals surface area contributed by atoms with Gasteiger partial charge in [0.1, 0.15) is 6.61 Å². The van der Waals surface area contributed by atoms with Gasteiger partial charge in [-0.15, -0.1) is 6.58 Å². The lowest BCUT2D eigenvalue weighted by Gasteiger charge is -2.23. The Morgan fingerprint density at radius 1 is 1.12 bits per heavy atom. The van der Waals surface area contributed by atoms with E-state index in [0.717, 1.165) is 19.4 Å². The number of carbonyl (C=O) groups excluding carboxylic acids is 1. The molecule has 1 aliphatic carbocycles. The molecule has 24 heavy (non-hydrogen) atoms. The van der Waals surface area contributed by atoms with Crippen molar-refractivity contribution < 1.29 is 9.53 Å². The van der Waals surface area contributed by atoms with Crippen molar-refractivity contribution in [3.05, 3.63) is 72.3 Å². The van der Waals surface area contributed by atoms with E-state index in [1.165, 1.54) is 22.3 Å². The molecule has 1 unspecified atom stereocenters. The minimum absolute atomic E-state index is 0.112. The number of carbonyl (C=O) groups is 1. The van der Waals surface area contributed by atoms with Crippen molar-refractivity contribution in [2.75, 3.05) is 13.2 Å². The van der Waals surface area contributed by atoms with Gasteiger partial charge in [0.2, 0.25) is 0 Å². The third-order valence-electron chi connectivity index (χ3n) is 5.14. The summed E-state index contributed by atoms with van der Waals surface area (Å²) in [6.07, 6.45) is 3.61. The Bertz CT molecular complexity index is 737. The summed E-state index contributed by atoms with van der Waals surface area (Å²) in [6, 6.07) is 16.9. The smallest absolute Gasteiger partial charge is 0.410 e. The zero-order chi connectivity index (χ0) is 16.5. The van der Waals surface area contributed by atoms with E-state index < -0.39 is 0 Å². The number of benzene rings is 2. The maximum atomic E-state index is 12.5. The molecular weight excluding hydrogens is 298 g/mol. The molecule has 2 aromatic rings. The minimum Gasteiger partial charge on any atom is -0.448 e. The first kappa shape index (κ1) is 15.0. The number of fused-ring (bicyclic) bond motifs is 3. The molecule has 0 N–H and O–H groups in total. The molecule has 0 bridgehead atoms. The van der Waals surface area contributed by atoms with E-state index in [2.05, 4.69) is 43.0 Å². The molecule has 0 saturated carbocycles. The molecule has 3 heteroatoms. The number of nitrogens with zero attached hydrogens (tertiary/aromatic N) is 1. The third kappa shape index (κ3) is 2.41. The van der Waals surface area contributed by atoms with Gasteiger partial charge in [0.15, 0.2) is 0 Å². The van der Waals surface area contributed by atoms with Crippen LogP contribution >= 0.6 is 0 Å². The maximum Gasteiger partial charge on any atom is 0.410 e. The largest absolute Gasteiger partial charge is 0.448 e. The number of hydrogen-bond donors (Lipinski definition) is 0. The fraction of sp³-hybridized carbons (Fsp3) is 0.286. The monoisotopic (exact) mass is 319 g/mol. The minimum atomic E-state index is -0.223. The summed E-state index contributed by atoms with van der Waals surface area (Å²) < 4.78 is 5.69. The highest BCUT2D eigenvalue weighted by atomic mass is 16.6. The maximum absolute atomic E-state index is 12.5. The first-order valence-electron chi connectivity index (χ1n) is 8.54. The summed E-state index contributed by atoms with van der Waals surface area (Å²) in [7, 11) is 0. The molecule has 4 rings (SSSR count). The van der Waals surface area contributed by atoms with Gasteiger partial charge < -0.3 is 9.64 Å². The number of ether oxygens (including phenoxy) is 1. The first-order chi connectivity index (χ1) is 11.8. The van der Waals surface area contributed by atoms with E-state index in [-0.39, 0.29) is 18.1 Å². The lowest BCUT2D eigenvalue weighted by molar-refractivity contribution is 0.101. The van der Waals surface area contributed by atoms with Crippen molar-refractivity contribution in [2.24, 2.45) is 0 Å². The Labute approximate surface area is 142 Å². The van der Waals surface area contributed by atoms with Crippen molar-refractivity contribution in [1.29, 1.82) is 0 Å². The molecule has 1 aliphatic heterocycles. The van der Waals surface area contributed by atoms with Gasteiger partial charge in [-0.05, 0) is 35.1 Å². The first-order valence-corrected chi connectivity index (χ1v) is 8.54. The van der Waals surface area contributed by atoms with Crippen LogP contribution in [0.2, 0.25) is 0 Å². The molecule has 0 radical (unpaired) electrons. The zero-order valence-electron chi connectivity index (χ0n) is 13.7. The number of rotatable bonds is 3. The highest BCUT2D eigenvalue weighted by molar-refractivity contribution is 5.79. The van der Waals surface area contributed by atoms with E-state index in [1.807, 2.05) is 18.2 Å². The van der Waals surface area contributed by atoms with Gasteiger partial charge >= 0.3 is 6.09 Å². The van der Waals surface area contributed by atoms with Gasteiger partial charge in [0.05, 0.1) is 6.04 Å². The van der Waals surface area contributed by atoms with Crippen LogP contribution < -0.4 is 0 Å². The average Bonchev–Trinajstić information content (AvgIpc) is 3.22. The van der Waals surface area contributed by atoms with Crippen LogP contribution in [-0.4, -0.2) is 30.2 Å². The van der Waals surface area contributed by atoms with Gasteiger partial charge in [0.25, 0.3) is 0 Å². The lowest BCUT2D eigenvalue weighted by Crippen LogP contribution is -2.35. The Balaban J connectivity index is 1.55. The van der Waals surface area contributed by atoms with E-state index in [0.29, 0.717) is 6.61 Å². The fourth-order valence-electron chi connectivity index (χ4n) is 3.94. The van der Waals surface area contributed by atoms with Crippen LogP contribution in [0.15, 0.2) is 61.2 Å². The second-order valence-corrected chi connectivity index (χ2v) is 6.44. The van der Waals surface area contributed by atoms with Crippen LogP contribution in [0, 0.1) is 0 Å². The van der Waals surface area contributed by atoms with E-state index in [9.17, 15) is 4.79 Å². The second-order valence-electron chi connectivity index (χ2n) is 6.44. The average molecular weight is 319 g/mol. The Hall–Kier alpha value is -2.55. The molecule has 0 spiro atoms. The van der Waals surface area contributed by atoms with Crippen LogP contribution in [-0.2, 0) is 4.74 Å². The molecule has 3 nitrogen and oxygen atoms in total. The molecule has 122 valence electrons. The highest BCUT2D eigenvalue weighted by Gasteiger charge is 2.31. The normalized spacial score (nSPS) is 19.0. The Morgan fingerprint density at radius 2 is 1.75 bits per heavy atom. The van der Waals surface area contributed by atoms with Gasteiger partial charge in [-0.2, -0.15) is 0 Å². The predicted octanol–water partition coefficient (Wildman–Crippen LogP) is 4.59. The number of hydrogen-bond acceptors (Lipinski definition) is 2. The number of likely N-dealkylation sites (tertiary alicyclic amines) is 1. The summed E-state index contributed by atoms with van der Waals surface area (Å²) in [4.78, 5) is 14.2. The van der Waals surface area contributed by atoms with Crippen LogP contribution in [0.3, 0.4) is 0 Å². The number of amides is 1. The Morgan fingerprint density at radius 3 is 2.38 bits per heavy atom. The summed E-state index contributed by atoms with van der Waals surface area (Å²) >= 11 is 0. The molecule has 1 atom stereocenters. The van der Waals surface area contributed by atoms with Gasteiger partial charge in [-0.3, -0.25) is 0 Å². The summed E-state index contributed by atoms with van der Waals surface area (Å²) in [6.45, 7) is 4.96. The standard InChI is InChI=1S/C21H21NO2/c1-2-15-8-7-13-22(15)21(23)24-14-20-18-11-5-3-9-16(18)17-10-4-6-12-19(17)20/h2-6,9-12,15,20H,1,7-8,13-14H2. The summed E-state index contributed by atoms with van der Waals surface area (Å²) in [5.41, 5.74) is 4.99. The van der Waals surface area contributed by atoms with Crippen molar-refractivity contribution in [3.63, 3.8) is 0 Å². The highest BCUT2D eigenvalue weighted by Crippen LogP contribution is 2.44. The summed E-state index contributed by atoms with van der Waals surface area (Å²) in [5, 5.41) is 0. The second kappa shape index (κ2) is 6.16. The van der Waals surface area contributed by atoms with Crippen LogP contribution in [0.1, 0.15) is 29.9 Å². The van der Waals surface area contributed by atoms with E-state index >= 15 is 0 Å². The molecule has 2 aliphatic rings. The van der Waals surface area contributed by atoms with Gasteiger partial charge in [0, 0.05) is 12.5 Å². The van der Waals surface area contributed by atoms with Gasteiger partial charge in [-0.1, -0.05) is 54.6 Å². The van der Waals surface area contributed by atoms with Crippen LogP contribution in [0.5, 0.6) is 0 Å². The van der Waals surface area contributed by atoms with Gasteiger partial charge in [-0.25, -0.2) is 4.79 Å². The predicted molar refractivity (Wildman–Crippen MR) is 95.0 cm³/mol.